The number of aliphatic carboxylic acids is 1. The van der Waals surface area contributed by atoms with E-state index in [1.807, 2.05) is 39.0 Å². The van der Waals surface area contributed by atoms with Crippen LogP contribution in [0.3, 0.4) is 0 Å². The number of likely N-dealkylation sites (N-methyl/N-ethyl adjacent to an activating group) is 4. The summed E-state index contributed by atoms with van der Waals surface area (Å²) in [6.07, 6.45) is -0.174. The van der Waals surface area contributed by atoms with Crippen molar-refractivity contribution in [3.8, 4) is 0 Å². The van der Waals surface area contributed by atoms with Crippen LogP contribution in [0.15, 0.2) is 60.7 Å². The largest absolute Gasteiger partial charge is 0.481 e. The van der Waals surface area contributed by atoms with Crippen LogP contribution < -0.4 is 16.0 Å². The summed E-state index contributed by atoms with van der Waals surface area (Å²) in [4.78, 5) is 153. The molecule has 8 amide bonds. The molecule has 2 aromatic carbocycles. The molecule has 2 heterocycles. The molecule has 12 atom stereocenters. The Kier molecular flexibility index (Phi) is 24.3. The second kappa shape index (κ2) is 29.6. The van der Waals surface area contributed by atoms with Gasteiger partial charge >= 0.3 is 11.9 Å². The zero-order valence-corrected chi connectivity index (χ0v) is 49.8. The quantitative estimate of drug-likeness (QED) is 0.193. The zero-order chi connectivity index (χ0) is 60.0. The molecule has 0 saturated carbocycles. The van der Waals surface area contributed by atoms with Gasteiger partial charge in [0.1, 0.15) is 48.3 Å². The van der Waals surface area contributed by atoms with Crippen LogP contribution in [0.5, 0.6) is 0 Å². The first-order chi connectivity index (χ1) is 37.6. The highest BCUT2D eigenvalue weighted by Crippen LogP contribution is 2.27. The van der Waals surface area contributed by atoms with E-state index in [0.29, 0.717) is 24.0 Å². The van der Waals surface area contributed by atoms with Crippen LogP contribution in [0.25, 0.3) is 0 Å². The first-order valence-electron chi connectivity index (χ1n) is 28.4. The second-order valence-electron chi connectivity index (χ2n) is 23.2. The number of rotatable bonds is 14. The highest BCUT2D eigenvalue weighted by atomic mass is 16.6. The molecule has 2 fully saturated rings. The molecule has 20 nitrogen and oxygen atoms in total. The number of nitrogens with zero attached hydrogens (tertiary/aromatic N) is 5. The van der Waals surface area contributed by atoms with Crippen molar-refractivity contribution < 1.29 is 57.8 Å². The van der Waals surface area contributed by atoms with E-state index in [1.165, 1.54) is 49.8 Å². The fourth-order valence-corrected chi connectivity index (χ4v) is 10.9. The van der Waals surface area contributed by atoms with Crippen molar-refractivity contribution in [2.24, 2.45) is 35.5 Å². The van der Waals surface area contributed by atoms with E-state index in [0.717, 1.165) is 9.80 Å². The van der Waals surface area contributed by atoms with E-state index in [1.54, 1.807) is 90.9 Å². The average Bonchev–Trinajstić information content (AvgIpc) is 4.01. The first kappa shape index (κ1) is 65.7. The molecule has 0 radical (unpaired) electrons. The van der Waals surface area contributed by atoms with Gasteiger partial charge in [-0.2, -0.15) is 0 Å². The lowest BCUT2D eigenvalue weighted by atomic mass is 9.94. The molecule has 0 aromatic heterocycles. The molecule has 0 bridgehead atoms. The van der Waals surface area contributed by atoms with Gasteiger partial charge in [-0.15, -0.1) is 0 Å². The summed E-state index contributed by atoms with van der Waals surface area (Å²) >= 11 is 0. The molecule has 80 heavy (non-hydrogen) atoms. The normalized spacial score (nSPS) is 26.4. The number of carbonyl (C=O) groups is 10. The predicted octanol–water partition coefficient (Wildman–Crippen LogP) is 4.32. The minimum atomic E-state index is -1.83. The van der Waals surface area contributed by atoms with Gasteiger partial charge in [0.2, 0.25) is 41.4 Å². The Balaban J connectivity index is 1.99. The van der Waals surface area contributed by atoms with Gasteiger partial charge in [-0.25, -0.2) is 4.79 Å². The van der Waals surface area contributed by atoms with E-state index < -0.39 is 143 Å². The lowest BCUT2D eigenvalue weighted by Crippen LogP contribution is -2.62. The summed E-state index contributed by atoms with van der Waals surface area (Å²) in [5, 5.41) is 19.1. The molecule has 2 aliphatic heterocycles. The maximum Gasteiger partial charge on any atom is 0.330 e. The third kappa shape index (κ3) is 16.2. The van der Waals surface area contributed by atoms with Crippen LogP contribution >= 0.6 is 0 Å². The van der Waals surface area contributed by atoms with Crippen molar-refractivity contribution in [2.75, 3.05) is 34.7 Å². The minimum Gasteiger partial charge on any atom is -0.481 e. The molecule has 2 saturated heterocycles. The van der Waals surface area contributed by atoms with Crippen LogP contribution in [-0.4, -0.2) is 178 Å². The smallest absolute Gasteiger partial charge is 0.330 e. The molecule has 4 rings (SSSR count). The van der Waals surface area contributed by atoms with Crippen LogP contribution in [0, 0.1) is 35.5 Å². The maximum absolute atomic E-state index is 15.3. The fourth-order valence-electron chi connectivity index (χ4n) is 10.9. The van der Waals surface area contributed by atoms with Crippen molar-refractivity contribution in [3.05, 3.63) is 71.8 Å². The van der Waals surface area contributed by atoms with Crippen molar-refractivity contribution in [2.45, 2.75) is 176 Å². The van der Waals surface area contributed by atoms with Crippen LogP contribution in [0.4, 0.5) is 0 Å². The zero-order valence-electron chi connectivity index (χ0n) is 49.8. The number of amides is 8. The summed E-state index contributed by atoms with van der Waals surface area (Å²) < 4.78 is 6.03. The standard InChI is InChI=1S/C60H90N8O12/c1-16-37(9)46-57(75)65(13)47(35(5)6)52(70)61-42(31-34(3)4)55(73)67(15)49(39(11)59(77)78)60(79)80-50(38(10)17-2)58(76)66(14)48(36(7)8)53(71)62-43(32-40-25-20-18-21-26-40)54(72)64(12)45(33-41-27-22-19-23-28-41)56(74)68-30-24-29-44(68)51(69)63-46/h18-23,25-28,34-39,42-50H,16-17,24,29-33H2,1-15H3,(H,61,70)(H,62,71)(H,63,69)(H,77,78)/t37-,38-,39?,42+,43+,44+,45+,46+,47+,48+,49+,50-/m1/s1. The highest BCUT2D eigenvalue weighted by molar-refractivity contribution is 5.99. The third-order valence-electron chi connectivity index (χ3n) is 16.1. The van der Waals surface area contributed by atoms with Gasteiger partial charge in [-0.3, -0.25) is 43.2 Å². The van der Waals surface area contributed by atoms with Gasteiger partial charge in [-0.1, -0.05) is 136 Å². The Labute approximate surface area is 473 Å². The van der Waals surface area contributed by atoms with Crippen molar-refractivity contribution in [1.29, 1.82) is 0 Å². The lowest BCUT2D eigenvalue weighted by molar-refractivity contribution is -0.174. The summed E-state index contributed by atoms with van der Waals surface area (Å²) in [6, 6.07) is 7.61. The Hall–Kier alpha value is -6.86. The Morgan fingerprint density at radius 3 is 1.54 bits per heavy atom. The van der Waals surface area contributed by atoms with E-state index >= 15 is 9.59 Å². The van der Waals surface area contributed by atoms with Gasteiger partial charge in [0.15, 0.2) is 6.10 Å². The summed E-state index contributed by atoms with van der Waals surface area (Å²) in [5.74, 6) is -12.3. The van der Waals surface area contributed by atoms with Crippen LogP contribution in [-0.2, 0) is 65.5 Å². The van der Waals surface area contributed by atoms with Gasteiger partial charge in [0.05, 0.1) is 5.92 Å². The fraction of sp³-hybridized carbons (Fsp3) is 0.633. The topological polar surface area (TPSA) is 252 Å². The number of hydrogen-bond donors (Lipinski definition) is 4. The molecule has 0 aliphatic carbocycles. The van der Waals surface area contributed by atoms with Gasteiger partial charge < -0.3 is 50.3 Å². The van der Waals surface area contributed by atoms with E-state index in [9.17, 15) is 43.5 Å². The number of carbonyl (C=O) groups excluding carboxylic acids is 9. The highest BCUT2D eigenvalue weighted by Gasteiger charge is 2.47. The Morgan fingerprint density at radius 2 is 1.05 bits per heavy atom. The summed E-state index contributed by atoms with van der Waals surface area (Å²) in [7, 11) is 5.51. The molecule has 442 valence electrons. The van der Waals surface area contributed by atoms with Crippen molar-refractivity contribution in [1.82, 2.24) is 40.4 Å². The monoisotopic (exact) mass is 1110 g/mol. The Bertz CT molecular complexity index is 2490. The SMILES string of the molecule is CC[C@@H](C)[C@@H]1NC(=O)[C@@H]2CCCN2C(=O)[C@H](Cc2ccccc2)N(C)C(=O)[C@H](Cc2ccccc2)NC(=O)[C@H](C(C)C)N(C)C(=O)[C@@H]([C@H](C)CC)OC(=O)[C@H](C(C)C(=O)O)N(C)C(=O)[C@H](CC(C)C)NC(=O)[C@H](C(C)C)N(C)C1=O. The molecule has 20 heteroatoms. The van der Waals surface area contributed by atoms with Crippen LogP contribution in [0.1, 0.15) is 119 Å². The second-order valence-corrected chi connectivity index (χ2v) is 23.2. The number of benzene rings is 2. The average molecular weight is 1120 g/mol. The third-order valence-corrected chi connectivity index (χ3v) is 16.1. The molecule has 0 spiro atoms. The number of hydrogen-bond acceptors (Lipinski definition) is 11. The summed E-state index contributed by atoms with van der Waals surface area (Å²) in [5.41, 5.74) is 1.39. The van der Waals surface area contributed by atoms with Crippen LogP contribution in [0.2, 0.25) is 0 Å². The number of nitrogens with one attached hydrogen (secondary N) is 3. The lowest BCUT2D eigenvalue weighted by Gasteiger charge is -2.38. The number of carboxylic acid groups (broad SMARTS) is 1. The Morgan fingerprint density at radius 1 is 0.575 bits per heavy atom. The van der Waals surface area contributed by atoms with Gasteiger partial charge in [0, 0.05) is 53.5 Å². The predicted molar refractivity (Wildman–Crippen MR) is 302 cm³/mol. The van der Waals surface area contributed by atoms with E-state index in [2.05, 4.69) is 16.0 Å². The van der Waals surface area contributed by atoms with E-state index in [4.69, 9.17) is 4.74 Å². The van der Waals surface area contributed by atoms with E-state index in [-0.39, 0.29) is 44.6 Å². The van der Waals surface area contributed by atoms with Crippen molar-refractivity contribution >= 4 is 59.2 Å². The molecule has 1 unspecified atom stereocenters. The molecular formula is C60H90N8O12. The number of fused-ring (bicyclic) bond motifs is 1. The molecule has 2 aliphatic rings. The number of carboxylic acids is 1. The number of ether oxygens (including phenoxy) is 1. The number of cyclic esters (lactones) is 1. The summed E-state index contributed by atoms with van der Waals surface area (Å²) in [6.45, 7) is 18.9. The molecule has 4 N–H and O–H groups in total. The number of esters is 1. The molecule has 2 aromatic rings. The maximum atomic E-state index is 15.3. The molecular weight excluding hydrogens is 1020 g/mol. The minimum absolute atomic E-state index is 0.0278. The van der Waals surface area contributed by atoms with Gasteiger partial charge in [-0.05, 0) is 67.4 Å². The van der Waals surface area contributed by atoms with Gasteiger partial charge in [0.25, 0.3) is 5.91 Å². The van der Waals surface area contributed by atoms with Crippen molar-refractivity contribution in [3.63, 3.8) is 0 Å². The first-order valence-corrected chi connectivity index (χ1v) is 28.4.